The van der Waals surface area contributed by atoms with E-state index in [9.17, 15) is 0 Å². The van der Waals surface area contributed by atoms with E-state index in [1.54, 1.807) is 0 Å². The molecule has 0 aliphatic carbocycles. The zero-order chi connectivity index (χ0) is 15.2. The normalized spacial score (nSPS) is 10.9. The lowest BCUT2D eigenvalue weighted by molar-refractivity contribution is 0.482. The molecule has 112 valence electrons. The van der Waals surface area contributed by atoms with Gasteiger partial charge in [0.1, 0.15) is 11.5 Å². The minimum absolute atomic E-state index is 0.628. The Morgan fingerprint density at radius 1 is 1.10 bits per heavy atom. The molecular weight excluding hydrogens is 282 g/mol. The molecule has 21 heavy (non-hydrogen) atoms. The van der Waals surface area contributed by atoms with Crippen molar-refractivity contribution in [1.29, 1.82) is 0 Å². The lowest BCUT2D eigenvalue weighted by atomic mass is 10.2. The Kier molecular flexibility index (Phi) is 5.66. The highest BCUT2D eigenvalue weighted by molar-refractivity contribution is 6.32. The van der Waals surface area contributed by atoms with Gasteiger partial charge in [0.25, 0.3) is 0 Å². The van der Waals surface area contributed by atoms with Gasteiger partial charge in [-0.1, -0.05) is 43.6 Å². The smallest absolute Gasteiger partial charge is 0.146 e. The predicted octanol–water partition coefficient (Wildman–Crippen LogP) is 5.19. The molecule has 3 heteroatoms. The molecule has 0 saturated carbocycles. The molecule has 0 radical (unpaired) electrons. The average molecular weight is 304 g/mol. The minimum Gasteiger partial charge on any atom is -0.456 e. The van der Waals surface area contributed by atoms with Crippen molar-refractivity contribution >= 4 is 11.6 Å². The van der Waals surface area contributed by atoms with Crippen molar-refractivity contribution in [3.63, 3.8) is 0 Å². The first-order chi connectivity index (χ1) is 10.0. The Bertz CT molecular complexity index is 578. The van der Waals surface area contributed by atoms with Gasteiger partial charge in [-0.05, 0) is 54.8 Å². The lowest BCUT2D eigenvalue weighted by Crippen LogP contribution is -2.18. The van der Waals surface area contributed by atoms with Crippen molar-refractivity contribution in [2.45, 2.75) is 27.3 Å². The summed E-state index contributed by atoms with van der Waals surface area (Å²) in [6.45, 7) is 8.33. The molecule has 0 heterocycles. The zero-order valence-corrected chi connectivity index (χ0v) is 13.6. The van der Waals surface area contributed by atoms with E-state index in [1.807, 2.05) is 37.3 Å². The van der Waals surface area contributed by atoms with Gasteiger partial charge in [0.2, 0.25) is 0 Å². The monoisotopic (exact) mass is 303 g/mol. The van der Waals surface area contributed by atoms with E-state index in [0.717, 1.165) is 24.4 Å². The first-order valence-corrected chi connectivity index (χ1v) is 7.66. The number of rotatable bonds is 6. The van der Waals surface area contributed by atoms with E-state index < -0.39 is 0 Å². The number of ether oxygens (including phenoxy) is 1. The van der Waals surface area contributed by atoms with Gasteiger partial charge < -0.3 is 10.1 Å². The van der Waals surface area contributed by atoms with Crippen LogP contribution in [-0.2, 0) is 6.54 Å². The molecule has 0 fully saturated rings. The Hall–Kier alpha value is -1.51. The van der Waals surface area contributed by atoms with E-state index in [-0.39, 0.29) is 0 Å². The van der Waals surface area contributed by atoms with Crippen LogP contribution in [0.1, 0.15) is 25.0 Å². The van der Waals surface area contributed by atoms with Gasteiger partial charge in [0.15, 0.2) is 0 Å². The quantitative estimate of drug-likeness (QED) is 0.793. The summed E-state index contributed by atoms with van der Waals surface area (Å²) in [4.78, 5) is 0. The Labute approximate surface area is 132 Å². The highest BCUT2D eigenvalue weighted by atomic mass is 35.5. The molecule has 0 aliphatic rings. The van der Waals surface area contributed by atoms with Crippen molar-refractivity contribution in [2.24, 2.45) is 5.92 Å². The predicted molar refractivity (Wildman–Crippen MR) is 89.2 cm³/mol. The number of halogens is 1. The van der Waals surface area contributed by atoms with Gasteiger partial charge in [-0.15, -0.1) is 0 Å². The van der Waals surface area contributed by atoms with Crippen LogP contribution in [-0.4, -0.2) is 6.54 Å². The van der Waals surface area contributed by atoms with Crippen LogP contribution in [0.2, 0.25) is 5.02 Å². The lowest BCUT2D eigenvalue weighted by Gasteiger charge is -2.10. The highest BCUT2D eigenvalue weighted by Crippen LogP contribution is 2.30. The van der Waals surface area contributed by atoms with Crippen LogP contribution in [0.3, 0.4) is 0 Å². The topological polar surface area (TPSA) is 21.3 Å². The SMILES string of the molecule is Cc1ccc(Cl)c(Oc2ccc(CNCC(C)C)cc2)c1. The minimum atomic E-state index is 0.628. The highest BCUT2D eigenvalue weighted by Gasteiger charge is 2.04. The molecule has 1 N–H and O–H groups in total. The summed E-state index contributed by atoms with van der Waals surface area (Å²) < 4.78 is 5.84. The summed E-state index contributed by atoms with van der Waals surface area (Å²) in [6.07, 6.45) is 0. The molecule has 0 spiro atoms. The summed E-state index contributed by atoms with van der Waals surface area (Å²) in [7, 11) is 0. The van der Waals surface area contributed by atoms with Crippen LogP contribution < -0.4 is 10.1 Å². The van der Waals surface area contributed by atoms with Crippen molar-refractivity contribution < 1.29 is 4.74 Å². The summed E-state index contributed by atoms with van der Waals surface area (Å²) in [5.41, 5.74) is 2.38. The summed E-state index contributed by atoms with van der Waals surface area (Å²) in [6, 6.07) is 13.9. The third-order valence-corrected chi connectivity index (χ3v) is 3.43. The molecule has 0 bridgehead atoms. The second-order valence-electron chi connectivity index (χ2n) is 5.70. The van der Waals surface area contributed by atoms with Gasteiger partial charge in [-0.25, -0.2) is 0 Å². The first-order valence-electron chi connectivity index (χ1n) is 7.28. The van der Waals surface area contributed by atoms with E-state index >= 15 is 0 Å². The fourth-order valence-corrected chi connectivity index (χ4v) is 2.15. The number of aryl methyl sites for hydroxylation is 1. The van der Waals surface area contributed by atoms with E-state index in [2.05, 4.69) is 31.3 Å². The molecule has 0 amide bonds. The van der Waals surface area contributed by atoms with Crippen LogP contribution in [0, 0.1) is 12.8 Å². The molecule has 0 aromatic heterocycles. The molecule has 0 unspecified atom stereocenters. The maximum Gasteiger partial charge on any atom is 0.146 e. The molecular formula is C18H22ClNO. The third kappa shape index (κ3) is 5.07. The van der Waals surface area contributed by atoms with Crippen molar-refractivity contribution in [3.05, 3.63) is 58.6 Å². The molecule has 0 saturated heterocycles. The van der Waals surface area contributed by atoms with Gasteiger partial charge >= 0.3 is 0 Å². The largest absolute Gasteiger partial charge is 0.456 e. The van der Waals surface area contributed by atoms with E-state index in [4.69, 9.17) is 16.3 Å². The van der Waals surface area contributed by atoms with Crippen molar-refractivity contribution in [2.75, 3.05) is 6.54 Å². The third-order valence-electron chi connectivity index (χ3n) is 3.12. The Morgan fingerprint density at radius 3 is 2.48 bits per heavy atom. The molecule has 2 aromatic rings. The van der Waals surface area contributed by atoms with Gasteiger partial charge in [-0.3, -0.25) is 0 Å². The standard InChI is InChI=1S/C18H22ClNO/c1-13(2)11-20-12-15-5-7-16(8-6-15)21-18-10-14(3)4-9-17(18)19/h4-10,13,20H,11-12H2,1-3H3. The molecule has 0 atom stereocenters. The summed E-state index contributed by atoms with van der Waals surface area (Å²) in [5, 5.41) is 4.05. The molecule has 2 rings (SSSR count). The van der Waals surface area contributed by atoms with Crippen LogP contribution in [0.4, 0.5) is 0 Å². The second-order valence-corrected chi connectivity index (χ2v) is 6.11. The number of hydrogen-bond acceptors (Lipinski definition) is 2. The zero-order valence-electron chi connectivity index (χ0n) is 12.8. The van der Waals surface area contributed by atoms with Gasteiger partial charge in [0, 0.05) is 6.54 Å². The average Bonchev–Trinajstić information content (AvgIpc) is 2.44. The van der Waals surface area contributed by atoms with Crippen molar-refractivity contribution in [1.82, 2.24) is 5.32 Å². The number of hydrogen-bond donors (Lipinski definition) is 1. The fraction of sp³-hybridized carbons (Fsp3) is 0.333. The summed E-state index contributed by atoms with van der Waals surface area (Å²) in [5.74, 6) is 2.16. The Balaban J connectivity index is 1.97. The van der Waals surface area contributed by atoms with Crippen molar-refractivity contribution in [3.8, 4) is 11.5 Å². The van der Waals surface area contributed by atoms with Crippen LogP contribution in [0.5, 0.6) is 11.5 Å². The van der Waals surface area contributed by atoms with Crippen LogP contribution in [0.25, 0.3) is 0 Å². The second kappa shape index (κ2) is 7.48. The van der Waals surface area contributed by atoms with E-state index in [1.165, 1.54) is 5.56 Å². The Morgan fingerprint density at radius 2 is 1.81 bits per heavy atom. The molecule has 0 aliphatic heterocycles. The summed E-state index contributed by atoms with van der Waals surface area (Å²) >= 11 is 6.14. The first kappa shape index (κ1) is 15.9. The van der Waals surface area contributed by atoms with Gasteiger partial charge in [0.05, 0.1) is 5.02 Å². The fourth-order valence-electron chi connectivity index (χ4n) is 2.00. The number of nitrogens with one attached hydrogen (secondary N) is 1. The van der Waals surface area contributed by atoms with Gasteiger partial charge in [-0.2, -0.15) is 0 Å². The maximum atomic E-state index is 6.14. The van der Waals surface area contributed by atoms with E-state index in [0.29, 0.717) is 16.7 Å². The number of benzene rings is 2. The maximum absolute atomic E-state index is 6.14. The van der Waals surface area contributed by atoms with Crippen LogP contribution >= 0.6 is 11.6 Å². The molecule has 2 aromatic carbocycles. The molecule has 2 nitrogen and oxygen atoms in total. The van der Waals surface area contributed by atoms with Crippen LogP contribution in [0.15, 0.2) is 42.5 Å².